The molecule has 1 aliphatic rings. The van der Waals surface area contributed by atoms with Crippen LogP contribution >= 0.6 is 0 Å². The van der Waals surface area contributed by atoms with Crippen LogP contribution in [0.2, 0.25) is 0 Å². The van der Waals surface area contributed by atoms with Crippen LogP contribution in [0.4, 0.5) is 5.95 Å². The van der Waals surface area contributed by atoms with E-state index in [1.807, 2.05) is 42.0 Å². The minimum atomic E-state index is -0.501. The van der Waals surface area contributed by atoms with Crippen molar-refractivity contribution in [3.63, 3.8) is 0 Å². The van der Waals surface area contributed by atoms with Gasteiger partial charge < -0.3 is 20.0 Å². The number of fused-ring (bicyclic) bond motifs is 1. The van der Waals surface area contributed by atoms with Crippen LogP contribution in [-0.2, 0) is 6.54 Å². The van der Waals surface area contributed by atoms with Crippen LogP contribution in [-0.4, -0.2) is 50.2 Å². The van der Waals surface area contributed by atoms with Gasteiger partial charge in [-0.05, 0) is 37.5 Å². The Bertz CT molecular complexity index is 1720. The number of aromatic hydroxyl groups is 1. The molecule has 12 nitrogen and oxygen atoms in total. The van der Waals surface area contributed by atoms with Gasteiger partial charge in [-0.25, -0.2) is 14.8 Å². The molecule has 0 saturated heterocycles. The first-order valence-electron chi connectivity index (χ1n) is 11.2. The number of benzene rings is 1. The third-order valence-electron chi connectivity index (χ3n) is 5.77. The summed E-state index contributed by atoms with van der Waals surface area (Å²) in [6.45, 7) is 2.44. The Morgan fingerprint density at radius 3 is 2.86 bits per heavy atom. The number of aryl methyl sites for hydroxylation is 1. The van der Waals surface area contributed by atoms with Gasteiger partial charge >= 0.3 is 5.69 Å². The molecule has 4 aromatic heterocycles. The predicted octanol–water partition coefficient (Wildman–Crippen LogP) is 0.563. The number of aromatic amines is 2. The molecule has 0 amide bonds. The molecule has 0 unspecified atom stereocenters. The van der Waals surface area contributed by atoms with Gasteiger partial charge in [0.15, 0.2) is 5.65 Å². The molecule has 176 valence electrons. The van der Waals surface area contributed by atoms with Crippen LogP contribution in [0, 0.1) is 6.92 Å². The van der Waals surface area contributed by atoms with E-state index in [-0.39, 0.29) is 17.6 Å². The second-order valence-electron chi connectivity index (χ2n) is 8.36. The highest BCUT2D eigenvalue weighted by molar-refractivity contribution is 5.57. The van der Waals surface area contributed by atoms with E-state index in [1.54, 1.807) is 23.0 Å². The number of hydrogen-bond donors (Lipinski definition) is 4. The van der Waals surface area contributed by atoms with E-state index in [0.29, 0.717) is 29.0 Å². The molecule has 1 aliphatic carbocycles. The van der Waals surface area contributed by atoms with Crippen LogP contribution in [0.5, 0.6) is 5.88 Å². The Balaban J connectivity index is 1.41. The average molecular weight is 470 g/mol. The van der Waals surface area contributed by atoms with Crippen LogP contribution in [0.1, 0.15) is 29.9 Å². The average Bonchev–Trinajstić information content (AvgIpc) is 3.26. The Kier molecular flexibility index (Phi) is 4.90. The minimum Gasteiger partial charge on any atom is -0.493 e. The van der Waals surface area contributed by atoms with Crippen molar-refractivity contribution in [2.24, 2.45) is 4.99 Å². The molecule has 0 atom stereocenters. The number of rotatable bonds is 6. The summed E-state index contributed by atoms with van der Waals surface area (Å²) in [7, 11) is 0. The van der Waals surface area contributed by atoms with Crippen molar-refractivity contribution in [3.8, 4) is 11.6 Å². The second kappa shape index (κ2) is 8.24. The maximum absolute atomic E-state index is 11.5. The summed E-state index contributed by atoms with van der Waals surface area (Å²) < 4.78 is 3.60. The lowest BCUT2D eigenvalue weighted by molar-refractivity contribution is 0.454. The third-order valence-corrected chi connectivity index (χ3v) is 5.77. The number of nitrogens with zero attached hydrogens (tertiary/aromatic N) is 7. The Morgan fingerprint density at radius 2 is 2.11 bits per heavy atom. The first kappa shape index (κ1) is 20.8. The normalized spacial score (nSPS) is 14.8. The Morgan fingerprint density at radius 1 is 1.26 bits per heavy atom. The van der Waals surface area contributed by atoms with Crippen molar-refractivity contribution in [2.45, 2.75) is 32.4 Å². The zero-order valence-corrected chi connectivity index (χ0v) is 18.8. The molecule has 12 heteroatoms. The first-order valence-corrected chi connectivity index (χ1v) is 11.2. The maximum Gasteiger partial charge on any atom is 0.326 e. The van der Waals surface area contributed by atoms with Gasteiger partial charge in [0.05, 0.1) is 17.9 Å². The van der Waals surface area contributed by atoms with E-state index >= 15 is 0 Å². The number of aromatic nitrogens is 8. The smallest absolute Gasteiger partial charge is 0.326 e. The summed E-state index contributed by atoms with van der Waals surface area (Å²) >= 11 is 0. The molecule has 5 aromatic rings. The zero-order chi connectivity index (χ0) is 23.9. The lowest BCUT2D eigenvalue weighted by Crippen LogP contribution is -2.25. The van der Waals surface area contributed by atoms with Gasteiger partial charge in [0.25, 0.3) is 5.62 Å². The summed E-state index contributed by atoms with van der Waals surface area (Å²) in [5.74, 6) is 1.04. The lowest BCUT2D eigenvalue weighted by atomic mass is 10.1. The molecule has 0 radical (unpaired) electrons. The molecule has 0 aliphatic heterocycles. The van der Waals surface area contributed by atoms with Crippen molar-refractivity contribution in [2.75, 3.05) is 5.32 Å². The van der Waals surface area contributed by atoms with Gasteiger partial charge in [0.1, 0.15) is 11.5 Å². The monoisotopic (exact) mass is 470 g/mol. The fraction of sp³-hybridized carbons (Fsp3) is 0.217. The van der Waals surface area contributed by atoms with Crippen LogP contribution in [0.3, 0.4) is 0 Å². The van der Waals surface area contributed by atoms with Gasteiger partial charge in [-0.3, -0.25) is 4.98 Å². The third kappa shape index (κ3) is 4.05. The fourth-order valence-electron chi connectivity index (χ4n) is 3.86. The van der Waals surface area contributed by atoms with E-state index in [9.17, 15) is 9.90 Å². The highest BCUT2D eigenvalue weighted by atomic mass is 16.3. The second-order valence-corrected chi connectivity index (χ2v) is 8.36. The number of hydrogen-bond acceptors (Lipinski definition) is 8. The molecule has 1 saturated carbocycles. The van der Waals surface area contributed by atoms with Gasteiger partial charge in [-0.2, -0.15) is 19.6 Å². The predicted molar refractivity (Wildman–Crippen MR) is 127 cm³/mol. The molecule has 6 rings (SSSR count). The summed E-state index contributed by atoms with van der Waals surface area (Å²) in [6, 6.07) is 8.28. The standard InChI is InChI=1S/C23H22N10O2/c1-13-24-8-9-32(13)18-5-3-2-4-14(18)11-25-21-29-19-15(10-17-20(34)30-23(35)28-17)12-26-33(19)22(31-21)27-16-6-7-16/h2-5,8-10,12,16,34H,6-7,11H2,1H3,(H,25,27,31)(H2,28,30,35)/b15-10-. The number of imidazole rings is 2. The molecular weight excluding hydrogens is 448 g/mol. The first-order chi connectivity index (χ1) is 17.0. The van der Waals surface area contributed by atoms with Crippen LogP contribution < -0.4 is 21.8 Å². The molecule has 0 bridgehead atoms. The Hall–Kier alpha value is -4.74. The van der Waals surface area contributed by atoms with E-state index in [1.165, 1.54) is 0 Å². The molecule has 1 aromatic carbocycles. The summed E-state index contributed by atoms with van der Waals surface area (Å²) in [4.78, 5) is 34.7. The fourth-order valence-corrected chi connectivity index (χ4v) is 3.86. The number of H-pyrrole nitrogens is 2. The quantitative estimate of drug-likeness (QED) is 0.283. The van der Waals surface area contributed by atoms with Crippen LogP contribution in [0.15, 0.2) is 52.6 Å². The number of anilines is 1. The molecule has 4 N–H and O–H groups in total. The highest BCUT2D eigenvalue weighted by Crippen LogP contribution is 2.22. The minimum absolute atomic E-state index is 0.229. The summed E-state index contributed by atoms with van der Waals surface area (Å²) in [5.41, 5.74) is 2.76. The molecular formula is C23H22N10O2. The zero-order valence-electron chi connectivity index (χ0n) is 18.8. The summed E-state index contributed by atoms with van der Waals surface area (Å²) in [5, 5.41) is 18.3. The van der Waals surface area contributed by atoms with Crippen molar-refractivity contribution in [1.82, 2.24) is 39.1 Å². The molecule has 0 spiro atoms. The SMILES string of the molecule is Cc1nccn1-c1ccccc1CNc1nc(=NC2CC2)n2nc/c(=C/c3[nH]c(=O)[nH]c3O)c2n1. The molecule has 35 heavy (non-hydrogen) atoms. The highest BCUT2D eigenvalue weighted by Gasteiger charge is 2.21. The van der Waals surface area contributed by atoms with Gasteiger partial charge in [0, 0.05) is 24.2 Å². The largest absolute Gasteiger partial charge is 0.493 e. The van der Waals surface area contributed by atoms with Crippen molar-refractivity contribution in [1.29, 1.82) is 0 Å². The van der Waals surface area contributed by atoms with E-state index < -0.39 is 5.69 Å². The van der Waals surface area contributed by atoms with E-state index in [0.717, 1.165) is 29.9 Å². The van der Waals surface area contributed by atoms with Crippen LogP contribution in [0.25, 0.3) is 17.4 Å². The number of para-hydroxylation sites is 1. The van der Waals surface area contributed by atoms with E-state index in [4.69, 9.17) is 4.99 Å². The molecule has 4 heterocycles. The topological polar surface area (TPSA) is 154 Å². The lowest BCUT2D eigenvalue weighted by Gasteiger charge is -2.12. The van der Waals surface area contributed by atoms with Crippen molar-refractivity contribution < 1.29 is 5.11 Å². The van der Waals surface area contributed by atoms with Gasteiger partial charge in [-0.1, -0.05) is 18.2 Å². The van der Waals surface area contributed by atoms with Gasteiger partial charge in [0.2, 0.25) is 11.8 Å². The van der Waals surface area contributed by atoms with Crippen molar-refractivity contribution >= 4 is 17.7 Å². The van der Waals surface area contributed by atoms with E-state index in [2.05, 4.69) is 35.3 Å². The maximum atomic E-state index is 11.5. The molecule has 1 fully saturated rings. The Labute approximate surface area is 197 Å². The number of nitrogens with one attached hydrogen (secondary N) is 3. The summed E-state index contributed by atoms with van der Waals surface area (Å²) in [6.07, 6.45) is 8.94. The van der Waals surface area contributed by atoms with Gasteiger partial charge in [-0.15, -0.1) is 0 Å². The van der Waals surface area contributed by atoms with Crippen molar-refractivity contribution in [3.05, 3.63) is 81.3 Å².